The van der Waals surface area contributed by atoms with Gasteiger partial charge in [0.25, 0.3) is 0 Å². The largest absolute Gasteiger partial charge is 0.492 e. The maximum Gasteiger partial charge on any atom is 0.229 e. The Bertz CT molecular complexity index is 1830. The first-order valence-corrected chi connectivity index (χ1v) is 22.7. The number of rotatable bonds is 16. The van der Waals surface area contributed by atoms with Gasteiger partial charge >= 0.3 is 0 Å². The fraction of sp³-hybridized carbons (Fsp3) is 0.565. The third-order valence-corrected chi connectivity index (χ3v) is 11.4. The minimum Gasteiger partial charge on any atom is -0.492 e. The van der Waals surface area contributed by atoms with Crippen LogP contribution < -0.4 is 31.2 Å². The Labute approximate surface area is 367 Å². The molecule has 4 aliphatic rings. The minimum atomic E-state index is 0.274. The highest BCUT2D eigenvalue weighted by Gasteiger charge is 2.17. The Hall–Kier alpha value is -4.47. The first kappa shape index (κ1) is 46.0. The van der Waals surface area contributed by atoms with Gasteiger partial charge in [-0.1, -0.05) is 12.8 Å². The number of anilines is 5. The Morgan fingerprint density at radius 3 is 1.66 bits per heavy atom. The number of nitrogens with zero attached hydrogens (tertiary/aromatic N) is 6. The molecule has 2 aromatic heterocycles. The predicted octanol–water partition coefficient (Wildman–Crippen LogP) is 8.15. The van der Waals surface area contributed by atoms with Crippen molar-refractivity contribution in [2.24, 2.45) is 0 Å². The van der Waals surface area contributed by atoms with Crippen LogP contribution in [-0.4, -0.2) is 121 Å². The van der Waals surface area contributed by atoms with Gasteiger partial charge < -0.3 is 40.6 Å². The van der Waals surface area contributed by atoms with E-state index < -0.39 is 0 Å². The molecule has 0 radical (unpaired) electrons. The summed E-state index contributed by atoms with van der Waals surface area (Å²) in [4.78, 5) is 22.0. The molecule has 0 saturated carbocycles. The van der Waals surface area contributed by atoms with Gasteiger partial charge in [0.2, 0.25) is 11.2 Å². The van der Waals surface area contributed by atoms with Crippen molar-refractivity contribution >= 4 is 40.6 Å². The number of piperidine rings is 2. The zero-order valence-corrected chi connectivity index (χ0v) is 37.0. The van der Waals surface area contributed by atoms with Crippen LogP contribution >= 0.6 is 11.6 Å². The molecule has 4 aromatic rings. The minimum absolute atomic E-state index is 0.274. The molecule has 61 heavy (non-hydrogen) atoms. The second kappa shape index (κ2) is 25.5. The number of hydrogen-bond donors (Lipinski definition) is 4. The number of benzene rings is 2. The third kappa shape index (κ3) is 16.7. The van der Waals surface area contributed by atoms with Gasteiger partial charge in [-0.25, -0.2) is 15.0 Å². The van der Waals surface area contributed by atoms with Crippen molar-refractivity contribution in [1.82, 2.24) is 29.7 Å². The number of aromatic nitrogens is 4. The van der Waals surface area contributed by atoms with Gasteiger partial charge in [-0.15, -0.1) is 0 Å². The molecule has 2 atom stereocenters. The number of likely N-dealkylation sites (tertiary alicyclic amines) is 2. The van der Waals surface area contributed by atoms with E-state index in [1.54, 1.807) is 6.20 Å². The lowest BCUT2D eigenvalue weighted by Gasteiger charge is -2.26. The SMILES string of the molecule is Cc1cnc(Cl)nc1NCC1CCCO1.Cc1cnc(Nc2ccc(OCCN3CCCCC3)cc2)nc1NCC1CCCO1.Nc1ccc(OCCN2CCCCC2)cc1. The van der Waals surface area contributed by atoms with Crippen LogP contribution in [0.1, 0.15) is 75.3 Å². The lowest BCUT2D eigenvalue weighted by Crippen LogP contribution is -2.33. The summed E-state index contributed by atoms with van der Waals surface area (Å²) in [6.07, 6.45) is 16.7. The third-order valence-electron chi connectivity index (χ3n) is 11.2. The lowest BCUT2D eigenvalue weighted by atomic mass is 10.1. The van der Waals surface area contributed by atoms with Crippen LogP contribution in [0.4, 0.5) is 29.0 Å². The zero-order chi connectivity index (χ0) is 42.5. The highest BCUT2D eigenvalue weighted by Crippen LogP contribution is 2.22. The standard InChI is InChI=1S/C23H33N5O2.C13H20N2O.C10H14ClN3O/c1-18-16-25-23(27-22(18)24-17-21-6-5-14-29-21)26-19-7-9-20(10-8-19)30-15-13-28-11-3-2-4-12-28;14-12-4-6-13(7-5-12)16-11-10-15-8-2-1-3-9-15;1-7-5-13-10(11)14-9(7)12-6-8-3-2-4-15-8/h7-10,16,21H,2-6,11-15,17H2,1H3,(H2,24,25,26,27);4-7H,1-3,8-11,14H2;5,8H,2-4,6H2,1H3,(H,12,13,14). The molecule has 4 aliphatic heterocycles. The lowest BCUT2D eigenvalue weighted by molar-refractivity contribution is 0.120. The molecule has 5 N–H and O–H groups in total. The monoisotopic (exact) mass is 859 g/mol. The average molecular weight is 860 g/mol. The summed E-state index contributed by atoms with van der Waals surface area (Å²) in [5.74, 6) is 4.02. The molecule has 0 bridgehead atoms. The first-order chi connectivity index (χ1) is 29.9. The normalized spacial score (nSPS) is 19.2. The highest BCUT2D eigenvalue weighted by atomic mass is 35.5. The van der Waals surface area contributed by atoms with E-state index in [0.29, 0.717) is 12.1 Å². The summed E-state index contributed by atoms with van der Waals surface area (Å²) in [6, 6.07) is 15.6. The smallest absolute Gasteiger partial charge is 0.229 e. The van der Waals surface area contributed by atoms with Crippen molar-refractivity contribution in [2.75, 3.05) is 100 Å². The molecular formula is C46H67ClN10O4. The number of nitrogens with one attached hydrogen (secondary N) is 3. The second-order valence-electron chi connectivity index (χ2n) is 16.1. The number of hydrogen-bond acceptors (Lipinski definition) is 14. The van der Waals surface area contributed by atoms with Crippen LogP contribution in [0.15, 0.2) is 60.9 Å². The number of nitrogen functional groups attached to an aromatic ring is 1. The first-order valence-electron chi connectivity index (χ1n) is 22.3. The van der Waals surface area contributed by atoms with Gasteiger partial charge in [0.15, 0.2) is 0 Å². The van der Waals surface area contributed by atoms with Crippen molar-refractivity contribution < 1.29 is 18.9 Å². The van der Waals surface area contributed by atoms with Gasteiger partial charge in [-0.3, -0.25) is 9.80 Å². The topological polar surface area (TPSA) is 157 Å². The molecule has 4 fully saturated rings. The molecule has 332 valence electrons. The molecule has 6 heterocycles. The fourth-order valence-electron chi connectivity index (χ4n) is 7.59. The van der Waals surface area contributed by atoms with Crippen molar-refractivity contribution in [3.63, 3.8) is 0 Å². The van der Waals surface area contributed by atoms with Gasteiger partial charge in [-0.2, -0.15) is 4.98 Å². The molecule has 8 rings (SSSR count). The van der Waals surface area contributed by atoms with E-state index in [9.17, 15) is 0 Å². The molecule has 4 saturated heterocycles. The molecule has 2 unspecified atom stereocenters. The van der Waals surface area contributed by atoms with E-state index in [-0.39, 0.29) is 11.4 Å². The summed E-state index contributed by atoms with van der Waals surface area (Å²) in [5.41, 5.74) is 9.35. The van der Waals surface area contributed by atoms with Crippen molar-refractivity contribution in [1.29, 1.82) is 0 Å². The Kier molecular flexibility index (Phi) is 19.2. The van der Waals surface area contributed by atoms with E-state index in [2.05, 4.69) is 45.7 Å². The summed E-state index contributed by atoms with van der Waals surface area (Å²) < 4.78 is 22.8. The molecule has 14 nitrogen and oxygen atoms in total. The van der Waals surface area contributed by atoms with E-state index >= 15 is 0 Å². The summed E-state index contributed by atoms with van der Waals surface area (Å²) >= 11 is 5.72. The number of aryl methyl sites for hydroxylation is 2. The van der Waals surface area contributed by atoms with Crippen LogP contribution in [0.25, 0.3) is 0 Å². The Balaban J connectivity index is 0.000000169. The molecule has 0 amide bonds. The molecular weight excluding hydrogens is 792 g/mol. The van der Waals surface area contributed by atoms with E-state index in [1.165, 1.54) is 64.7 Å². The summed E-state index contributed by atoms with van der Waals surface area (Å²) in [6.45, 7) is 15.6. The number of ether oxygens (including phenoxy) is 4. The van der Waals surface area contributed by atoms with Crippen LogP contribution in [0.3, 0.4) is 0 Å². The van der Waals surface area contributed by atoms with Gasteiger partial charge in [0.1, 0.15) is 36.3 Å². The Morgan fingerprint density at radius 2 is 1.15 bits per heavy atom. The van der Waals surface area contributed by atoms with Crippen LogP contribution in [-0.2, 0) is 9.47 Å². The van der Waals surface area contributed by atoms with Gasteiger partial charge in [-0.05, 0) is 152 Å². The van der Waals surface area contributed by atoms with E-state index in [1.807, 2.05) is 68.6 Å². The summed E-state index contributed by atoms with van der Waals surface area (Å²) in [7, 11) is 0. The zero-order valence-electron chi connectivity index (χ0n) is 36.3. The number of halogens is 1. The predicted molar refractivity (Wildman–Crippen MR) is 246 cm³/mol. The number of nitrogens with two attached hydrogens (primary N) is 1. The van der Waals surface area contributed by atoms with Crippen molar-refractivity contribution in [2.45, 2.75) is 90.3 Å². The highest BCUT2D eigenvalue weighted by molar-refractivity contribution is 6.28. The maximum absolute atomic E-state index is 5.91. The fourth-order valence-corrected chi connectivity index (χ4v) is 7.72. The van der Waals surface area contributed by atoms with Gasteiger partial charge in [0.05, 0.1) is 12.2 Å². The van der Waals surface area contributed by atoms with Crippen LogP contribution in [0.5, 0.6) is 11.5 Å². The molecule has 0 spiro atoms. The van der Waals surface area contributed by atoms with Crippen LogP contribution in [0.2, 0.25) is 5.28 Å². The quantitative estimate of drug-likeness (QED) is 0.0632. The average Bonchev–Trinajstić information content (AvgIpc) is 4.02. The maximum atomic E-state index is 5.91. The van der Waals surface area contributed by atoms with E-state index in [4.69, 9.17) is 36.3 Å². The Morgan fingerprint density at radius 1 is 0.656 bits per heavy atom. The van der Waals surface area contributed by atoms with E-state index in [0.717, 1.165) is 124 Å². The summed E-state index contributed by atoms with van der Waals surface area (Å²) in [5, 5.41) is 10.2. The molecule has 0 aliphatic carbocycles. The van der Waals surface area contributed by atoms with Gasteiger partial charge in [0, 0.05) is 74.3 Å². The van der Waals surface area contributed by atoms with Crippen LogP contribution in [0, 0.1) is 13.8 Å². The molecule has 15 heteroatoms. The second-order valence-corrected chi connectivity index (χ2v) is 16.5. The molecule has 2 aromatic carbocycles. The van der Waals surface area contributed by atoms with Crippen molar-refractivity contribution in [3.05, 3.63) is 77.3 Å². The van der Waals surface area contributed by atoms with Crippen molar-refractivity contribution in [3.8, 4) is 11.5 Å².